The zero-order valence-electron chi connectivity index (χ0n) is 12.5. The molecule has 1 heterocycles. The van der Waals surface area contributed by atoms with Gasteiger partial charge in [0.05, 0.1) is 5.69 Å². The van der Waals surface area contributed by atoms with Gasteiger partial charge in [-0.25, -0.2) is 4.39 Å². The second-order valence-corrected chi connectivity index (χ2v) is 4.89. The van der Waals surface area contributed by atoms with E-state index in [-0.39, 0.29) is 11.9 Å². The van der Waals surface area contributed by atoms with E-state index in [2.05, 4.69) is 10.4 Å². The molecule has 0 aliphatic rings. The van der Waals surface area contributed by atoms with Gasteiger partial charge >= 0.3 is 0 Å². The Morgan fingerprint density at radius 1 is 1.35 bits per heavy atom. The summed E-state index contributed by atoms with van der Waals surface area (Å²) < 4.78 is 21.7. The predicted molar refractivity (Wildman–Crippen MR) is 76.6 cm³/mol. The van der Waals surface area contributed by atoms with Crippen LogP contribution in [-0.4, -0.2) is 16.8 Å². The Hall–Kier alpha value is -1.88. The molecule has 4 nitrogen and oxygen atoms in total. The summed E-state index contributed by atoms with van der Waals surface area (Å²) >= 11 is 0. The smallest absolute Gasteiger partial charge is 0.171 e. The van der Waals surface area contributed by atoms with Crippen LogP contribution in [0.15, 0.2) is 18.2 Å². The number of halogens is 1. The van der Waals surface area contributed by atoms with Crippen LogP contribution in [0.2, 0.25) is 0 Å². The molecule has 0 bridgehead atoms. The Kier molecular flexibility index (Phi) is 4.09. The van der Waals surface area contributed by atoms with Crippen molar-refractivity contribution in [2.24, 2.45) is 7.05 Å². The first-order chi connectivity index (χ1) is 9.45. The third kappa shape index (κ3) is 2.54. The average Bonchev–Trinajstić information content (AvgIpc) is 2.65. The number of nitrogens with zero attached hydrogens (tertiary/aromatic N) is 2. The molecule has 0 fully saturated rings. The first kappa shape index (κ1) is 14.5. The molecule has 0 radical (unpaired) electrons. The lowest BCUT2D eigenvalue weighted by atomic mass is 10.1. The molecule has 0 saturated carbocycles. The Balaban J connectivity index is 2.46. The molecule has 0 aliphatic heterocycles. The van der Waals surface area contributed by atoms with Crippen molar-refractivity contribution in [3.63, 3.8) is 0 Å². The minimum atomic E-state index is -0.274. The van der Waals surface area contributed by atoms with E-state index in [9.17, 15) is 4.39 Å². The number of rotatable bonds is 4. The second kappa shape index (κ2) is 5.63. The maximum Gasteiger partial charge on any atom is 0.171 e. The fraction of sp³-hybridized carbons (Fsp3) is 0.400. The van der Waals surface area contributed by atoms with E-state index in [4.69, 9.17) is 4.74 Å². The maximum atomic E-state index is 14.1. The summed E-state index contributed by atoms with van der Waals surface area (Å²) in [6.07, 6.45) is 0. The quantitative estimate of drug-likeness (QED) is 0.932. The van der Waals surface area contributed by atoms with Gasteiger partial charge in [-0.2, -0.15) is 5.10 Å². The van der Waals surface area contributed by atoms with Gasteiger partial charge in [0.1, 0.15) is 17.3 Å². The molecule has 1 atom stereocenters. The van der Waals surface area contributed by atoms with Gasteiger partial charge in [-0.1, -0.05) is 6.07 Å². The summed E-state index contributed by atoms with van der Waals surface area (Å²) in [4.78, 5) is 0. The van der Waals surface area contributed by atoms with E-state index >= 15 is 0 Å². The Morgan fingerprint density at radius 3 is 2.60 bits per heavy atom. The summed E-state index contributed by atoms with van der Waals surface area (Å²) in [7, 11) is 3.65. The fourth-order valence-corrected chi connectivity index (χ4v) is 2.18. The van der Waals surface area contributed by atoms with E-state index in [1.807, 2.05) is 27.8 Å². The number of ether oxygens (including phenoxy) is 1. The van der Waals surface area contributed by atoms with Crippen molar-refractivity contribution in [1.82, 2.24) is 15.1 Å². The summed E-state index contributed by atoms with van der Waals surface area (Å²) in [5.74, 6) is 0.928. The average molecular weight is 277 g/mol. The molecule has 0 amide bonds. The van der Waals surface area contributed by atoms with Crippen LogP contribution in [0.5, 0.6) is 11.5 Å². The van der Waals surface area contributed by atoms with Gasteiger partial charge < -0.3 is 10.1 Å². The van der Waals surface area contributed by atoms with Gasteiger partial charge in [0, 0.05) is 18.7 Å². The van der Waals surface area contributed by atoms with Gasteiger partial charge in [-0.05, 0) is 40.0 Å². The third-order valence-corrected chi connectivity index (χ3v) is 3.53. The predicted octanol–water partition coefficient (Wildman–Crippen LogP) is 3.25. The minimum Gasteiger partial charge on any atom is -0.453 e. The minimum absolute atomic E-state index is 0.136. The summed E-state index contributed by atoms with van der Waals surface area (Å²) in [5.41, 5.74) is 2.23. The summed E-state index contributed by atoms with van der Waals surface area (Å²) in [5, 5.41) is 7.35. The zero-order chi connectivity index (χ0) is 14.9. The molecule has 1 unspecified atom stereocenters. The molecule has 2 aromatic rings. The van der Waals surface area contributed by atoms with Crippen molar-refractivity contribution in [3.8, 4) is 11.5 Å². The number of hydrogen-bond donors (Lipinski definition) is 1. The molecule has 2 rings (SSSR count). The summed E-state index contributed by atoms with van der Waals surface area (Å²) in [6.45, 7) is 5.70. The molecular weight excluding hydrogens is 257 g/mol. The highest BCUT2D eigenvalue weighted by molar-refractivity contribution is 5.43. The van der Waals surface area contributed by atoms with E-state index in [1.54, 1.807) is 23.9 Å². The van der Waals surface area contributed by atoms with Crippen molar-refractivity contribution in [3.05, 3.63) is 41.0 Å². The largest absolute Gasteiger partial charge is 0.453 e. The number of aryl methyl sites for hydroxylation is 2. The monoisotopic (exact) mass is 277 g/mol. The van der Waals surface area contributed by atoms with Crippen molar-refractivity contribution < 1.29 is 9.13 Å². The van der Waals surface area contributed by atoms with Crippen molar-refractivity contribution in [1.29, 1.82) is 0 Å². The van der Waals surface area contributed by atoms with Crippen LogP contribution in [0, 0.1) is 19.7 Å². The van der Waals surface area contributed by atoms with E-state index < -0.39 is 0 Å². The standard InChI is InChI=1S/C15H20FN3O/c1-9(17-4)14-12(16)7-6-8-13(14)20-15-10(2)18-19(5)11(15)3/h6-9,17H,1-5H3. The number of nitrogens with one attached hydrogen (secondary N) is 1. The fourth-order valence-electron chi connectivity index (χ4n) is 2.18. The lowest BCUT2D eigenvalue weighted by Gasteiger charge is -2.17. The van der Waals surface area contributed by atoms with Gasteiger partial charge in [-0.3, -0.25) is 4.68 Å². The normalized spacial score (nSPS) is 12.5. The SMILES string of the molecule is CNC(C)c1c(F)cccc1Oc1c(C)nn(C)c1C. The first-order valence-corrected chi connectivity index (χ1v) is 6.59. The highest BCUT2D eigenvalue weighted by atomic mass is 19.1. The van der Waals surface area contributed by atoms with Crippen LogP contribution >= 0.6 is 0 Å². The van der Waals surface area contributed by atoms with Crippen LogP contribution < -0.4 is 10.1 Å². The van der Waals surface area contributed by atoms with Crippen molar-refractivity contribution in [2.45, 2.75) is 26.8 Å². The lowest BCUT2D eigenvalue weighted by Crippen LogP contribution is -2.15. The third-order valence-electron chi connectivity index (χ3n) is 3.53. The van der Waals surface area contributed by atoms with E-state index in [0.29, 0.717) is 17.1 Å². The van der Waals surface area contributed by atoms with Crippen molar-refractivity contribution >= 4 is 0 Å². The Bertz CT molecular complexity index is 622. The molecule has 1 aromatic carbocycles. The van der Waals surface area contributed by atoms with E-state index in [0.717, 1.165) is 11.4 Å². The maximum absolute atomic E-state index is 14.1. The molecule has 0 aliphatic carbocycles. The highest BCUT2D eigenvalue weighted by Gasteiger charge is 2.19. The van der Waals surface area contributed by atoms with Crippen LogP contribution in [-0.2, 0) is 7.05 Å². The highest BCUT2D eigenvalue weighted by Crippen LogP contribution is 2.34. The molecule has 0 saturated heterocycles. The molecule has 20 heavy (non-hydrogen) atoms. The van der Waals surface area contributed by atoms with Crippen LogP contribution in [0.1, 0.15) is 29.9 Å². The number of aromatic nitrogens is 2. The van der Waals surface area contributed by atoms with Crippen molar-refractivity contribution in [2.75, 3.05) is 7.05 Å². The molecule has 0 spiro atoms. The molecule has 5 heteroatoms. The van der Waals surface area contributed by atoms with Crippen LogP contribution in [0.4, 0.5) is 4.39 Å². The number of hydrogen-bond acceptors (Lipinski definition) is 3. The molecule has 108 valence electrons. The van der Waals surface area contributed by atoms with Gasteiger partial charge in [-0.15, -0.1) is 0 Å². The van der Waals surface area contributed by atoms with E-state index in [1.165, 1.54) is 6.07 Å². The van der Waals surface area contributed by atoms with Gasteiger partial charge in [0.25, 0.3) is 0 Å². The molecular formula is C15H20FN3O. The second-order valence-electron chi connectivity index (χ2n) is 4.89. The molecule has 1 aromatic heterocycles. The zero-order valence-corrected chi connectivity index (χ0v) is 12.5. The first-order valence-electron chi connectivity index (χ1n) is 6.59. The van der Waals surface area contributed by atoms with Gasteiger partial charge in [0.15, 0.2) is 5.75 Å². The summed E-state index contributed by atoms with van der Waals surface area (Å²) in [6, 6.07) is 4.73. The van der Waals surface area contributed by atoms with Gasteiger partial charge in [0.2, 0.25) is 0 Å². The lowest BCUT2D eigenvalue weighted by molar-refractivity contribution is 0.446. The topological polar surface area (TPSA) is 39.1 Å². The Labute approximate surface area is 118 Å². The Morgan fingerprint density at radius 2 is 2.05 bits per heavy atom. The van der Waals surface area contributed by atoms with Crippen LogP contribution in [0.3, 0.4) is 0 Å². The van der Waals surface area contributed by atoms with Crippen LogP contribution in [0.25, 0.3) is 0 Å². The molecule has 1 N–H and O–H groups in total. The number of benzene rings is 1.